The zero-order valence-electron chi connectivity index (χ0n) is 8.30. The van der Waals surface area contributed by atoms with Gasteiger partial charge in [-0.3, -0.25) is 4.79 Å². The summed E-state index contributed by atoms with van der Waals surface area (Å²) in [6, 6.07) is 6.53. The van der Waals surface area contributed by atoms with Gasteiger partial charge in [-0.2, -0.15) is 0 Å². The van der Waals surface area contributed by atoms with E-state index in [9.17, 15) is 9.18 Å². The van der Waals surface area contributed by atoms with Crippen LogP contribution in [0.15, 0.2) is 24.3 Å². The molecule has 16 heavy (non-hydrogen) atoms. The number of amides is 1. The minimum absolute atomic E-state index is 0.0421. The minimum atomic E-state index is -0.248. The average molecular weight is 258 g/mol. The van der Waals surface area contributed by atoms with Crippen molar-refractivity contribution in [3.05, 3.63) is 35.0 Å². The van der Waals surface area contributed by atoms with Gasteiger partial charge in [0.2, 0.25) is 5.91 Å². The SMILES string of the molecule is O=C(CCl)NCc1cc2cc(F)ccc2s1. The molecular formula is C11H9ClFNOS. The molecule has 0 unspecified atom stereocenters. The largest absolute Gasteiger partial charge is 0.350 e. The monoisotopic (exact) mass is 257 g/mol. The number of halogens is 2. The number of nitrogens with one attached hydrogen (secondary N) is 1. The molecule has 2 nitrogen and oxygen atoms in total. The van der Waals surface area contributed by atoms with Gasteiger partial charge in [-0.15, -0.1) is 22.9 Å². The summed E-state index contributed by atoms with van der Waals surface area (Å²) in [7, 11) is 0. The van der Waals surface area contributed by atoms with E-state index < -0.39 is 0 Å². The second-order valence-electron chi connectivity index (χ2n) is 3.31. The fourth-order valence-electron chi connectivity index (χ4n) is 1.39. The molecule has 0 spiro atoms. The molecular weight excluding hydrogens is 249 g/mol. The number of hydrogen-bond donors (Lipinski definition) is 1. The van der Waals surface area contributed by atoms with Crippen LogP contribution in [-0.4, -0.2) is 11.8 Å². The Kier molecular flexibility index (Phi) is 3.41. The molecule has 0 atom stereocenters. The van der Waals surface area contributed by atoms with Crippen molar-refractivity contribution in [2.24, 2.45) is 0 Å². The Hall–Kier alpha value is -1.13. The number of thiophene rings is 1. The molecule has 5 heteroatoms. The fourth-order valence-corrected chi connectivity index (χ4v) is 2.47. The normalized spacial score (nSPS) is 10.6. The first-order chi connectivity index (χ1) is 7.69. The molecule has 84 valence electrons. The van der Waals surface area contributed by atoms with Crippen LogP contribution in [-0.2, 0) is 11.3 Å². The van der Waals surface area contributed by atoms with Crippen molar-refractivity contribution in [3.63, 3.8) is 0 Å². The van der Waals surface area contributed by atoms with E-state index in [1.807, 2.05) is 6.07 Å². The summed E-state index contributed by atoms with van der Waals surface area (Å²) in [5.74, 6) is -0.494. The molecule has 1 aromatic carbocycles. The predicted octanol–water partition coefficient (Wildman–Crippen LogP) is 2.90. The Morgan fingerprint density at radius 3 is 3.00 bits per heavy atom. The van der Waals surface area contributed by atoms with Crippen LogP contribution in [0.25, 0.3) is 10.1 Å². The lowest BCUT2D eigenvalue weighted by molar-refractivity contribution is -0.118. The van der Waals surface area contributed by atoms with Gasteiger partial charge in [0, 0.05) is 9.58 Å². The van der Waals surface area contributed by atoms with Gasteiger partial charge in [0.1, 0.15) is 11.7 Å². The van der Waals surface area contributed by atoms with Crippen molar-refractivity contribution >= 4 is 38.9 Å². The van der Waals surface area contributed by atoms with Crippen molar-refractivity contribution < 1.29 is 9.18 Å². The lowest BCUT2D eigenvalue weighted by Crippen LogP contribution is -2.23. The second-order valence-corrected chi connectivity index (χ2v) is 4.74. The molecule has 1 N–H and O–H groups in total. The van der Waals surface area contributed by atoms with Crippen molar-refractivity contribution in [1.82, 2.24) is 5.32 Å². The number of carbonyl (C=O) groups is 1. The highest BCUT2D eigenvalue weighted by Crippen LogP contribution is 2.26. The topological polar surface area (TPSA) is 29.1 Å². The Bertz CT molecular complexity index is 526. The first-order valence-corrected chi connectivity index (χ1v) is 6.05. The molecule has 0 fully saturated rings. The Morgan fingerprint density at radius 2 is 2.25 bits per heavy atom. The van der Waals surface area contributed by atoms with Crippen molar-refractivity contribution in [3.8, 4) is 0 Å². The molecule has 0 aliphatic rings. The van der Waals surface area contributed by atoms with Crippen molar-refractivity contribution in [2.45, 2.75) is 6.54 Å². The number of fused-ring (bicyclic) bond motifs is 1. The van der Waals surface area contributed by atoms with Gasteiger partial charge in [0.05, 0.1) is 6.54 Å². The van der Waals surface area contributed by atoms with E-state index in [0.717, 1.165) is 15.0 Å². The molecule has 0 aliphatic carbocycles. The summed E-state index contributed by atoms with van der Waals surface area (Å²) in [6.45, 7) is 0.437. The second kappa shape index (κ2) is 4.80. The van der Waals surface area contributed by atoms with Gasteiger partial charge in [0.25, 0.3) is 0 Å². The van der Waals surface area contributed by atoms with Crippen LogP contribution in [0.4, 0.5) is 4.39 Å². The molecule has 0 saturated carbocycles. The summed E-state index contributed by atoms with van der Waals surface area (Å²) >= 11 is 6.89. The summed E-state index contributed by atoms with van der Waals surface area (Å²) in [5, 5.41) is 3.53. The maximum atomic E-state index is 12.9. The van der Waals surface area contributed by atoms with Crippen LogP contribution in [0.2, 0.25) is 0 Å². The van der Waals surface area contributed by atoms with Gasteiger partial charge in [-0.05, 0) is 29.7 Å². The highest BCUT2D eigenvalue weighted by molar-refractivity contribution is 7.19. The quantitative estimate of drug-likeness (QED) is 0.842. The maximum absolute atomic E-state index is 12.9. The van der Waals surface area contributed by atoms with Crippen LogP contribution in [0, 0.1) is 5.82 Å². The Morgan fingerprint density at radius 1 is 1.44 bits per heavy atom. The lowest BCUT2D eigenvalue weighted by atomic mass is 10.2. The standard InChI is InChI=1S/C11H9ClFNOS/c12-5-11(15)14-6-9-4-7-3-8(13)1-2-10(7)16-9/h1-4H,5-6H2,(H,14,15). The third-order valence-corrected chi connectivity index (χ3v) is 3.47. The highest BCUT2D eigenvalue weighted by Gasteiger charge is 2.04. The molecule has 0 saturated heterocycles. The van der Waals surface area contributed by atoms with E-state index in [-0.39, 0.29) is 17.6 Å². The molecule has 1 aromatic heterocycles. The average Bonchev–Trinajstić information content (AvgIpc) is 2.67. The van der Waals surface area contributed by atoms with Gasteiger partial charge in [-0.1, -0.05) is 0 Å². The number of rotatable bonds is 3. The summed E-state index contributed by atoms with van der Waals surface area (Å²) in [4.78, 5) is 11.9. The molecule has 1 amide bonds. The van der Waals surface area contributed by atoms with Crippen LogP contribution >= 0.6 is 22.9 Å². The third-order valence-electron chi connectivity index (χ3n) is 2.11. The van der Waals surface area contributed by atoms with Crippen molar-refractivity contribution in [2.75, 3.05) is 5.88 Å². The number of hydrogen-bond acceptors (Lipinski definition) is 2. The molecule has 0 aliphatic heterocycles. The van der Waals surface area contributed by atoms with Gasteiger partial charge >= 0.3 is 0 Å². The molecule has 0 bridgehead atoms. The van der Waals surface area contributed by atoms with Gasteiger partial charge in [0.15, 0.2) is 0 Å². The number of benzene rings is 1. The predicted molar refractivity (Wildman–Crippen MR) is 64.3 cm³/mol. The van der Waals surface area contributed by atoms with Crippen LogP contribution in [0.5, 0.6) is 0 Å². The van der Waals surface area contributed by atoms with Crippen LogP contribution in [0.3, 0.4) is 0 Å². The van der Waals surface area contributed by atoms with E-state index in [0.29, 0.717) is 6.54 Å². The Labute approximate surface area is 101 Å². The maximum Gasteiger partial charge on any atom is 0.235 e. The summed E-state index contributed by atoms with van der Waals surface area (Å²) in [5.41, 5.74) is 0. The van der Waals surface area contributed by atoms with E-state index in [4.69, 9.17) is 11.6 Å². The molecule has 0 radical (unpaired) electrons. The lowest BCUT2D eigenvalue weighted by Gasteiger charge is -1.98. The smallest absolute Gasteiger partial charge is 0.235 e. The highest BCUT2D eigenvalue weighted by atomic mass is 35.5. The van der Waals surface area contributed by atoms with E-state index >= 15 is 0 Å². The first-order valence-electron chi connectivity index (χ1n) is 4.69. The third kappa shape index (κ3) is 2.51. The minimum Gasteiger partial charge on any atom is -0.350 e. The van der Waals surface area contributed by atoms with Gasteiger partial charge in [-0.25, -0.2) is 4.39 Å². The zero-order chi connectivity index (χ0) is 11.5. The van der Waals surface area contributed by atoms with E-state index in [1.165, 1.54) is 23.5 Å². The van der Waals surface area contributed by atoms with Crippen molar-refractivity contribution in [1.29, 1.82) is 0 Å². The number of carbonyl (C=O) groups excluding carboxylic acids is 1. The fraction of sp³-hybridized carbons (Fsp3) is 0.182. The van der Waals surface area contributed by atoms with E-state index in [2.05, 4.69) is 5.32 Å². The molecule has 2 aromatic rings. The molecule has 2 rings (SSSR count). The molecule has 1 heterocycles. The van der Waals surface area contributed by atoms with E-state index in [1.54, 1.807) is 6.07 Å². The summed E-state index contributed by atoms with van der Waals surface area (Å²) < 4.78 is 13.9. The summed E-state index contributed by atoms with van der Waals surface area (Å²) in [6.07, 6.45) is 0. The van der Waals surface area contributed by atoms with Crippen LogP contribution < -0.4 is 5.32 Å². The number of alkyl halides is 1. The van der Waals surface area contributed by atoms with Gasteiger partial charge < -0.3 is 5.32 Å². The first kappa shape index (κ1) is 11.4. The Balaban J connectivity index is 2.16. The zero-order valence-corrected chi connectivity index (χ0v) is 9.87. The van der Waals surface area contributed by atoms with Crippen LogP contribution in [0.1, 0.15) is 4.88 Å².